The number of hydrogen-bond acceptors (Lipinski definition) is 4. The zero-order valence-corrected chi connectivity index (χ0v) is 11.0. The fourth-order valence-electron chi connectivity index (χ4n) is 1.70. The van der Waals surface area contributed by atoms with E-state index in [1.807, 2.05) is 13.8 Å². The van der Waals surface area contributed by atoms with Gasteiger partial charge in [0.05, 0.1) is 11.3 Å². The lowest BCUT2D eigenvalue weighted by Crippen LogP contribution is -2.01. The highest BCUT2D eigenvalue weighted by Gasteiger charge is 2.16. The van der Waals surface area contributed by atoms with Crippen LogP contribution in [0.4, 0.5) is 0 Å². The summed E-state index contributed by atoms with van der Waals surface area (Å²) in [5, 5.41) is 4.64. The maximum absolute atomic E-state index is 11.1. The van der Waals surface area contributed by atoms with Crippen LogP contribution in [-0.4, -0.2) is 26.0 Å². The highest BCUT2D eigenvalue weighted by molar-refractivity contribution is 6.32. The molecule has 0 aliphatic heterocycles. The fraction of sp³-hybridized carbons (Fsp3) is 0.333. The summed E-state index contributed by atoms with van der Waals surface area (Å²) in [6.07, 6.45) is 3.80. The number of carbonyl (C=O) groups excluding carboxylic acids is 1. The molecule has 0 amide bonds. The normalized spacial score (nSPS) is 10.6. The largest absolute Gasteiger partial charge is 0.298 e. The molecule has 0 spiro atoms. The average molecular weight is 265 g/mol. The first-order chi connectivity index (χ1) is 8.67. The number of aryl methyl sites for hydroxylation is 2. The molecule has 0 N–H and O–H groups in total. The quantitative estimate of drug-likeness (QED) is 0.796. The van der Waals surface area contributed by atoms with E-state index in [-0.39, 0.29) is 0 Å². The molecule has 5 nitrogen and oxygen atoms in total. The molecule has 2 aromatic heterocycles. The molecular formula is C12H13ClN4O. The van der Waals surface area contributed by atoms with Crippen molar-refractivity contribution in [1.29, 1.82) is 0 Å². The molecule has 2 rings (SSSR count). The van der Waals surface area contributed by atoms with Crippen LogP contribution in [0.2, 0.25) is 5.15 Å². The van der Waals surface area contributed by atoms with Gasteiger partial charge in [-0.05, 0) is 13.3 Å². The molecule has 0 radical (unpaired) electrons. The monoisotopic (exact) mass is 264 g/mol. The molecule has 0 bridgehead atoms. The van der Waals surface area contributed by atoms with E-state index in [9.17, 15) is 4.79 Å². The molecule has 0 fully saturated rings. The van der Waals surface area contributed by atoms with Crippen molar-refractivity contribution >= 4 is 17.9 Å². The number of aldehydes is 1. The summed E-state index contributed by atoms with van der Waals surface area (Å²) in [6.45, 7) is 3.88. The van der Waals surface area contributed by atoms with E-state index in [0.29, 0.717) is 28.6 Å². The van der Waals surface area contributed by atoms with Gasteiger partial charge >= 0.3 is 0 Å². The lowest BCUT2D eigenvalue weighted by atomic mass is 10.2. The lowest BCUT2D eigenvalue weighted by Gasteiger charge is -2.01. The Labute approximate surface area is 110 Å². The van der Waals surface area contributed by atoms with Crippen LogP contribution >= 0.6 is 11.6 Å². The predicted octanol–water partition coefficient (Wildman–Crippen LogP) is 2.39. The van der Waals surface area contributed by atoms with Gasteiger partial charge in [0.2, 0.25) is 0 Å². The molecule has 2 heterocycles. The molecule has 0 saturated heterocycles. The second-order valence-electron chi connectivity index (χ2n) is 3.95. The second-order valence-corrected chi connectivity index (χ2v) is 4.31. The van der Waals surface area contributed by atoms with Gasteiger partial charge in [0.25, 0.3) is 0 Å². The van der Waals surface area contributed by atoms with Gasteiger partial charge in [-0.25, -0.2) is 14.6 Å². The van der Waals surface area contributed by atoms with Crippen molar-refractivity contribution in [3.63, 3.8) is 0 Å². The summed E-state index contributed by atoms with van der Waals surface area (Å²) >= 11 is 6.16. The number of halogens is 1. The number of hydrogen-bond donors (Lipinski definition) is 0. The summed E-state index contributed by atoms with van der Waals surface area (Å²) in [7, 11) is 0. The maximum atomic E-state index is 11.1. The Bertz CT molecular complexity index is 579. The summed E-state index contributed by atoms with van der Waals surface area (Å²) in [4.78, 5) is 19.2. The number of carbonyl (C=O) groups is 1. The van der Waals surface area contributed by atoms with E-state index in [4.69, 9.17) is 11.6 Å². The van der Waals surface area contributed by atoms with Crippen LogP contribution < -0.4 is 0 Å². The minimum Gasteiger partial charge on any atom is -0.298 e. The Morgan fingerprint density at radius 3 is 2.83 bits per heavy atom. The highest BCUT2D eigenvalue weighted by atomic mass is 35.5. The molecule has 2 aromatic rings. The van der Waals surface area contributed by atoms with Crippen LogP contribution in [0.3, 0.4) is 0 Å². The van der Waals surface area contributed by atoms with Crippen LogP contribution in [-0.2, 0) is 6.42 Å². The minimum atomic E-state index is 0.298. The number of aromatic nitrogens is 4. The number of rotatable bonds is 4. The first-order valence-electron chi connectivity index (χ1n) is 5.69. The predicted molar refractivity (Wildman–Crippen MR) is 68.3 cm³/mol. The van der Waals surface area contributed by atoms with Gasteiger partial charge in [-0.2, -0.15) is 5.10 Å². The molecule has 0 atom stereocenters. The van der Waals surface area contributed by atoms with Gasteiger partial charge in [0.15, 0.2) is 12.1 Å². The number of nitrogens with zero attached hydrogens (tertiary/aromatic N) is 4. The van der Waals surface area contributed by atoms with Crippen molar-refractivity contribution < 1.29 is 4.79 Å². The zero-order valence-electron chi connectivity index (χ0n) is 10.2. The van der Waals surface area contributed by atoms with Crippen molar-refractivity contribution in [2.75, 3.05) is 0 Å². The van der Waals surface area contributed by atoms with Gasteiger partial charge < -0.3 is 0 Å². The smallest absolute Gasteiger partial charge is 0.158 e. The minimum absolute atomic E-state index is 0.298. The maximum Gasteiger partial charge on any atom is 0.158 e. The topological polar surface area (TPSA) is 60.7 Å². The van der Waals surface area contributed by atoms with Crippen LogP contribution in [0.25, 0.3) is 5.82 Å². The van der Waals surface area contributed by atoms with E-state index in [2.05, 4.69) is 15.1 Å². The molecule has 0 saturated carbocycles. The van der Waals surface area contributed by atoms with Crippen LogP contribution in [0.5, 0.6) is 0 Å². The fourth-order valence-corrected chi connectivity index (χ4v) is 1.98. The lowest BCUT2D eigenvalue weighted by molar-refractivity contribution is 0.112. The van der Waals surface area contributed by atoms with Crippen LogP contribution in [0.15, 0.2) is 12.4 Å². The van der Waals surface area contributed by atoms with Crippen molar-refractivity contribution in [3.8, 4) is 5.82 Å². The van der Waals surface area contributed by atoms with Crippen LogP contribution in [0.1, 0.15) is 35.1 Å². The molecule has 0 aromatic carbocycles. The third-order valence-corrected chi connectivity index (χ3v) is 2.91. The molecule has 0 aliphatic rings. The third kappa shape index (κ3) is 2.26. The second kappa shape index (κ2) is 5.27. The average Bonchev–Trinajstić information content (AvgIpc) is 2.66. The Kier molecular flexibility index (Phi) is 3.72. The third-order valence-electron chi connectivity index (χ3n) is 2.55. The zero-order chi connectivity index (χ0) is 13.1. The van der Waals surface area contributed by atoms with Crippen LogP contribution in [0, 0.1) is 6.92 Å². The van der Waals surface area contributed by atoms with Gasteiger partial charge in [0.1, 0.15) is 11.5 Å². The first-order valence-corrected chi connectivity index (χ1v) is 6.06. The summed E-state index contributed by atoms with van der Waals surface area (Å²) in [5.41, 5.74) is 1.96. The molecule has 94 valence electrons. The van der Waals surface area contributed by atoms with Gasteiger partial charge in [0, 0.05) is 11.8 Å². The summed E-state index contributed by atoms with van der Waals surface area (Å²) < 4.78 is 1.48. The standard InChI is InChI=1S/C12H13ClN4O/c1-3-4-10-9(6-18)12(13)17(16-10)11-5-8(2)14-7-15-11/h5-7H,3-4H2,1-2H3. The Morgan fingerprint density at radius 2 is 2.22 bits per heavy atom. The Hall–Kier alpha value is -1.75. The molecule has 0 aliphatic carbocycles. The van der Waals surface area contributed by atoms with Gasteiger partial charge in [-0.3, -0.25) is 4.79 Å². The molecule has 0 unspecified atom stereocenters. The van der Waals surface area contributed by atoms with Crippen molar-refractivity contribution in [1.82, 2.24) is 19.7 Å². The Balaban J connectivity index is 2.54. The SMILES string of the molecule is CCCc1nn(-c2cc(C)ncn2)c(Cl)c1C=O. The highest BCUT2D eigenvalue weighted by Crippen LogP contribution is 2.22. The molecule has 6 heteroatoms. The van der Waals surface area contributed by atoms with E-state index < -0.39 is 0 Å². The molecular weight excluding hydrogens is 252 g/mol. The summed E-state index contributed by atoms with van der Waals surface area (Å²) in [6, 6.07) is 1.77. The molecule has 18 heavy (non-hydrogen) atoms. The first kappa shape index (κ1) is 12.7. The van der Waals surface area contributed by atoms with Gasteiger partial charge in [-0.1, -0.05) is 24.9 Å². The van der Waals surface area contributed by atoms with E-state index in [0.717, 1.165) is 18.4 Å². The van der Waals surface area contributed by atoms with E-state index in [1.165, 1.54) is 11.0 Å². The van der Waals surface area contributed by atoms with Crippen molar-refractivity contribution in [3.05, 3.63) is 34.5 Å². The van der Waals surface area contributed by atoms with Crippen molar-refractivity contribution in [2.45, 2.75) is 26.7 Å². The van der Waals surface area contributed by atoms with E-state index >= 15 is 0 Å². The van der Waals surface area contributed by atoms with Crippen molar-refractivity contribution in [2.24, 2.45) is 0 Å². The van der Waals surface area contributed by atoms with E-state index in [1.54, 1.807) is 6.07 Å². The Morgan fingerprint density at radius 1 is 1.44 bits per heavy atom. The van der Waals surface area contributed by atoms with Gasteiger partial charge in [-0.15, -0.1) is 0 Å². The summed E-state index contributed by atoms with van der Waals surface area (Å²) in [5.74, 6) is 0.568.